The van der Waals surface area contributed by atoms with Gasteiger partial charge >= 0.3 is 0 Å². The molecule has 1 atom stereocenters. The minimum Gasteiger partial charge on any atom is -0.371 e. The molecule has 1 unspecified atom stereocenters. The van der Waals surface area contributed by atoms with Crippen molar-refractivity contribution >= 4 is 37.0 Å². The van der Waals surface area contributed by atoms with Gasteiger partial charge in [0.05, 0.1) is 17.1 Å². The molecule has 0 aliphatic carbocycles. The van der Waals surface area contributed by atoms with Crippen LogP contribution in [-0.4, -0.2) is 41.4 Å². The fraction of sp³-hybridized carbons (Fsp3) is 0.292. The van der Waals surface area contributed by atoms with Crippen LogP contribution in [0.5, 0.6) is 0 Å². The first kappa shape index (κ1) is 21.3. The molecule has 0 radical (unpaired) electrons. The predicted molar refractivity (Wildman–Crippen MR) is 128 cm³/mol. The Balaban J connectivity index is 1.75. The number of imidazole rings is 1. The first-order chi connectivity index (χ1) is 14.6. The number of para-hydroxylation sites is 1. The minimum absolute atomic E-state index is 0.496. The molecular weight excluding hydrogens is 372 g/mol. The van der Waals surface area contributed by atoms with Crippen LogP contribution in [0.3, 0.4) is 0 Å². The van der Waals surface area contributed by atoms with Crippen LogP contribution < -0.4 is 5.12 Å². The van der Waals surface area contributed by atoms with Gasteiger partial charge in [0.15, 0.2) is 0 Å². The van der Waals surface area contributed by atoms with E-state index in [9.17, 15) is 0 Å². The van der Waals surface area contributed by atoms with Crippen LogP contribution in [0.15, 0.2) is 53.7 Å². The molecule has 2 heterocycles. The molecule has 1 N–H and O–H groups in total. The Hall–Kier alpha value is -3.41. The van der Waals surface area contributed by atoms with E-state index in [4.69, 9.17) is 4.98 Å². The van der Waals surface area contributed by atoms with Crippen LogP contribution in [0.1, 0.15) is 42.5 Å². The van der Waals surface area contributed by atoms with Crippen LogP contribution in [0, 0.1) is 5.92 Å². The predicted octanol–water partition coefficient (Wildman–Crippen LogP) is 5.05. The third-order valence-electron chi connectivity index (χ3n) is 5.42. The molecule has 0 bridgehead atoms. The van der Waals surface area contributed by atoms with E-state index in [-0.39, 0.29) is 0 Å². The molecule has 1 fully saturated rings. The molecule has 0 amide bonds. The van der Waals surface area contributed by atoms with Gasteiger partial charge in [-0.2, -0.15) is 15.3 Å². The van der Waals surface area contributed by atoms with Crippen LogP contribution in [-0.2, 0) is 6.42 Å². The molecule has 156 valence electrons. The van der Waals surface area contributed by atoms with Crippen molar-refractivity contribution < 1.29 is 0 Å². The summed E-state index contributed by atoms with van der Waals surface area (Å²) in [4.78, 5) is 10.5. The van der Waals surface area contributed by atoms with Gasteiger partial charge in [0, 0.05) is 44.2 Å². The fourth-order valence-corrected chi connectivity index (χ4v) is 4.01. The highest BCUT2D eigenvalue weighted by Gasteiger charge is 2.24. The number of rotatable bonds is 9. The average Bonchev–Trinajstić information content (AvgIpc) is 3.16. The molecule has 1 aromatic carbocycles. The SMILES string of the molecule is C=Cc1nc(CC2CCCN(C(=C)c3ccccc3N(N=C)N=C)C2)[nH]c1/C=C\C. The van der Waals surface area contributed by atoms with Crippen LogP contribution in [0.4, 0.5) is 5.69 Å². The Labute approximate surface area is 179 Å². The normalized spacial score (nSPS) is 16.4. The minimum atomic E-state index is 0.496. The van der Waals surface area contributed by atoms with Crippen molar-refractivity contribution in [3.63, 3.8) is 0 Å². The Kier molecular flexibility index (Phi) is 7.01. The highest BCUT2D eigenvalue weighted by molar-refractivity contribution is 5.75. The molecule has 2 aromatic rings. The second-order valence-corrected chi connectivity index (χ2v) is 7.38. The molecule has 0 spiro atoms. The van der Waals surface area contributed by atoms with Gasteiger partial charge in [-0.1, -0.05) is 37.4 Å². The molecule has 1 aliphatic heterocycles. The highest BCUT2D eigenvalue weighted by Crippen LogP contribution is 2.32. The first-order valence-corrected chi connectivity index (χ1v) is 10.2. The number of aromatic nitrogens is 2. The van der Waals surface area contributed by atoms with Crippen molar-refractivity contribution in [3.8, 4) is 0 Å². The number of benzene rings is 1. The van der Waals surface area contributed by atoms with Crippen LogP contribution in [0.25, 0.3) is 17.8 Å². The first-order valence-electron chi connectivity index (χ1n) is 10.2. The number of nitrogens with one attached hydrogen (secondary N) is 1. The van der Waals surface area contributed by atoms with Gasteiger partial charge in [0.25, 0.3) is 0 Å². The largest absolute Gasteiger partial charge is 0.371 e. The van der Waals surface area contributed by atoms with Gasteiger partial charge in [0.2, 0.25) is 0 Å². The summed E-state index contributed by atoms with van der Waals surface area (Å²) in [5, 5.41) is 9.31. The van der Waals surface area contributed by atoms with E-state index in [0.717, 1.165) is 60.1 Å². The van der Waals surface area contributed by atoms with E-state index in [1.807, 2.05) is 43.3 Å². The maximum Gasteiger partial charge on any atom is 0.107 e. The second kappa shape index (κ2) is 9.87. The Bertz CT molecular complexity index is 946. The van der Waals surface area contributed by atoms with E-state index in [2.05, 4.69) is 46.7 Å². The van der Waals surface area contributed by atoms with Crippen LogP contribution in [0.2, 0.25) is 0 Å². The zero-order valence-electron chi connectivity index (χ0n) is 17.7. The number of H-pyrrole nitrogens is 1. The maximum absolute atomic E-state index is 4.72. The quantitative estimate of drug-likeness (QED) is 0.472. The third kappa shape index (κ3) is 4.59. The molecule has 3 rings (SSSR count). The zero-order valence-corrected chi connectivity index (χ0v) is 17.7. The number of hydrogen-bond acceptors (Lipinski definition) is 5. The topological polar surface area (TPSA) is 59.9 Å². The molecule has 6 nitrogen and oxygen atoms in total. The number of piperidine rings is 1. The van der Waals surface area contributed by atoms with E-state index in [1.54, 1.807) is 6.08 Å². The standard InChI is InChI=1S/C24H30N6/c1-6-11-22-21(7-2)27-24(28-22)16-19-12-10-15-29(17-19)18(3)20-13-8-9-14-23(20)30(25-4)26-5/h6-9,11,13-14,19H,2-5,10,12,15-17H2,1H3,(H,27,28)/b11-6-. The van der Waals surface area contributed by atoms with E-state index < -0.39 is 0 Å². The smallest absolute Gasteiger partial charge is 0.107 e. The lowest BCUT2D eigenvalue weighted by Crippen LogP contribution is -2.35. The lowest BCUT2D eigenvalue weighted by atomic mass is 9.93. The Morgan fingerprint density at radius 3 is 2.80 bits per heavy atom. The van der Waals surface area contributed by atoms with Gasteiger partial charge in [-0.15, -0.1) is 0 Å². The Morgan fingerprint density at radius 1 is 1.33 bits per heavy atom. The molecule has 6 heteroatoms. The van der Waals surface area contributed by atoms with Crippen molar-refractivity contribution in [2.75, 3.05) is 18.2 Å². The Morgan fingerprint density at radius 2 is 2.10 bits per heavy atom. The molecule has 0 saturated carbocycles. The van der Waals surface area contributed by atoms with E-state index >= 15 is 0 Å². The number of hydrazone groups is 2. The highest BCUT2D eigenvalue weighted by atomic mass is 15.7. The summed E-state index contributed by atoms with van der Waals surface area (Å²) in [5.41, 5.74) is 4.70. The van der Waals surface area contributed by atoms with Gasteiger partial charge in [-0.3, -0.25) is 0 Å². The monoisotopic (exact) mass is 402 g/mol. The average molecular weight is 403 g/mol. The van der Waals surface area contributed by atoms with Crippen molar-refractivity contribution in [2.24, 2.45) is 16.1 Å². The molecule has 1 aliphatic rings. The van der Waals surface area contributed by atoms with Crippen molar-refractivity contribution in [1.29, 1.82) is 0 Å². The summed E-state index contributed by atoms with van der Waals surface area (Å²) in [6.45, 7) is 19.3. The van der Waals surface area contributed by atoms with Crippen molar-refractivity contribution in [2.45, 2.75) is 26.2 Å². The third-order valence-corrected chi connectivity index (χ3v) is 5.42. The fourth-order valence-electron chi connectivity index (χ4n) is 4.01. The lowest BCUT2D eigenvalue weighted by Gasteiger charge is -2.36. The summed E-state index contributed by atoms with van der Waals surface area (Å²) in [6.07, 6.45) is 9.03. The molecule has 30 heavy (non-hydrogen) atoms. The number of aromatic amines is 1. The summed E-state index contributed by atoms with van der Waals surface area (Å²) >= 11 is 0. The van der Waals surface area contributed by atoms with Gasteiger partial charge < -0.3 is 9.88 Å². The van der Waals surface area contributed by atoms with Crippen molar-refractivity contribution in [1.82, 2.24) is 14.9 Å². The summed E-state index contributed by atoms with van der Waals surface area (Å²) in [5.74, 6) is 1.50. The number of allylic oxidation sites excluding steroid dienone is 1. The maximum atomic E-state index is 4.72. The summed E-state index contributed by atoms with van der Waals surface area (Å²) in [7, 11) is 0. The van der Waals surface area contributed by atoms with Gasteiger partial charge in [-0.25, -0.2) is 4.98 Å². The van der Waals surface area contributed by atoms with Gasteiger partial charge in [0.1, 0.15) is 5.82 Å². The zero-order chi connectivity index (χ0) is 21.5. The number of anilines is 1. The molecule has 1 aromatic heterocycles. The number of nitrogens with zero attached hydrogens (tertiary/aromatic N) is 5. The van der Waals surface area contributed by atoms with E-state index in [0.29, 0.717) is 5.92 Å². The lowest BCUT2D eigenvalue weighted by molar-refractivity contribution is 0.244. The van der Waals surface area contributed by atoms with Crippen LogP contribution >= 0.6 is 0 Å². The number of likely N-dealkylation sites (tertiary alicyclic amines) is 1. The summed E-state index contributed by atoms with van der Waals surface area (Å²) < 4.78 is 0. The molecule has 1 saturated heterocycles. The molecular formula is C24H30N6. The second-order valence-electron chi connectivity index (χ2n) is 7.38. The van der Waals surface area contributed by atoms with E-state index in [1.165, 1.54) is 11.5 Å². The number of hydrogen-bond donors (Lipinski definition) is 1. The van der Waals surface area contributed by atoms with Gasteiger partial charge in [-0.05, 0) is 43.9 Å². The summed E-state index contributed by atoms with van der Waals surface area (Å²) in [6, 6.07) is 7.94. The van der Waals surface area contributed by atoms with Crippen molar-refractivity contribution in [3.05, 3.63) is 66.3 Å².